The largest absolute Gasteiger partial charge is 0.342 e. The van der Waals surface area contributed by atoms with Gasteiger partial charge in [-0.25, -0.2) is 0 Å². The summed E-state index contributed by atoms with van der Waals surface area (Å²) < 4.78 is 1.89. The first-order valence-electron chi connectivity index (χ1n) is 13.1. The predicted molar refractivity (Wildman–Crippen MR) is 159 cm³/mol. The summed E-state index contributed by atoms with van der Waals surface area (Å²) in [6.45, 7) is 6.38. The summed E-state index contributed by atoms with van der Waals surface area (Å²) in [4.78, 5) is 41.1. The van der Waals surface area contributed by atoms with Gasteiger partial charge in [0.2, 0.25) is 5.91 Å². The first-order valence-corrected chi connectivity index (χ1v) is 14.9. The topological polar surface area (TPSA) is 123 Å². The van der Waals surface area contributed by atoms with Crippen LogP contribution in [0.4, 0.5) is 17.1 Å². The lowest BCUT2D eigenvalue weighted by Crippen LogP contribution is -2.34. The van der Waals surface area contributed by atoms with Crippen molar-refractivity contribution in [2.45, 2.75) is 48.3 Å². The van der Waals surface area contributed by atoms with Crippen LogP contribution >= 0.6 is 23.5 Å². The maximum absolute atomic E-state index is 13.7. The number of amides is 2. The third kappa shape index (κ3) is 5.84. The van der Waals surface area contributed by atoms with Crippen molar-refractivity contribution in [2.24, 2.45) is 5.92 Å². The number of carbonyl (C=O) groups is 2. The maximum Gasteiger partial charge on any atom is 0.270 e. The van der Waals surface area contributed by atoms with Gasteiger partial charge in [0.1, 0.15) is 0 Å². The summed E-state index contributed by atoms with van der Waals surface area (Å²) in [5.74, 6) is 0.119. The van der Waals surface area contributed by atoms with Crippen LogP contribution < -0.4 is 10.2 Å². The second kappa shape index (κ2) is 12.1. The number of para-hydroxylation sites is 2. The van der Waals surface area contributed by atoms with Gasteiger partial charge in [-0.1, -0.05) is 67.7 Å². The highest BCUT2D eigenvalue weighted by Crippen LogP contribution is 2.48. The molecule has 41 heavy (non-hydrogen) atoms. The highest BCUT2D eigenvalue weighted by atomic mass is 32.2. The monoisotopic (exact) mass is 588 g/mol. The number of nitro benzene ring substituents is 1. The fourth-order valence-electron chi connectivity index (χ4n) is 4.61. The van der Waals surface area contributed by atoms with Gasteiger partial charge in [-0.3, -0.25) is 24.6 Å². The zero-order valence-corrected chi connectivity index (χ0v) is 24.3. The van der Waals surface area contributed by atoms with Crippen molar-refractivity contribution in [3.63, 3.8) is 0 Å². The number of fused-ring (bicyclic) bond motifs is 2. The van der Waals surface area contributed by atoms with Crippen molar-refractivity contribution >= 4 is 52.4 Å². The average Bonchev–Trinajstić information content (AvgIpc) is 3.39. The van der Waals surface area contributed by atoms with Crippen molar-refractivity contribution in [1.82, 2.24) is 20.1 Å². The van der Waals surface area contributed by atoms with E-state index in [1.165, 1.54) is 36.0 Å². The van der Waals surface area contributed by atoms with Crippen LogP contribution in [0.3, 0.4) is 0 Å². The zero-order valence-electron chi connectivity index (χ0n) is 22.7. The molecule has 0 radical (unpaired) electrons. The van der Waals surface area contributed by atoms with Crippen molar-refractivity contribution in [2.75, 3.05) is 10.7 Å². The molecule has 0 aliphatic carbocycles. The van der Waals surface area contributed by atoms with Crippen LogP contribution in [0, 0.1) is 16.0 Å². The van der Waals surface area contributed by atoms with Crippen LogP contribution in [0.25, 0.3) is 0 Å². The third-order valence-electron chi connectivity index (χ3n) is 6.62. The van der Waals surface area contributed by atoms with Crippen LogP contribution in [-0.4, -0.2) is 37.3 Å². The van der Waals surface area contributed by atoms with E-state index in [4.69, 9.17) is 0 Å². The van der Waals surface area contributed by atoms with Gasteiger partial charge >= 0.3 is 0 Å². The Bertz CT molecular complexity index is 1580. The number of thioether (sulfide) groups is 1. The maximum atomic E-state index is 13.7. The standard InChI is InChI=1S/C29H28N6O4S2/c1-4-33-27(26(18(2)3)30-28(37)19-10-9-11-20(16-19)35(38)39)31-32-29(33)40-17-25(36)34-21-12-5-7-14-23(21)41-24-15-8-6-13-22(24)34/h5-16,18,26H,4,17H2,1-3H3,(H,30,37)/t26-/m1/s1. The predicted octanol–water partition coefficient (Wildman–Crippen LogP) is 6.25. The lowest BCUT2D eigenvalue weighted by Gasteiger charge is -2.31. The fourth-order valence-corrected chi connectivity index (χ4v) is 6.53. The first-order chi connectivity index (χ1) is 19.8. The lowest BCUT2D eigenvalue weighted by molar-refractivity contribution is -0.384. The van der Waals surface area contributed by atoms with Gasteiger partial charge in [0.15, 0.2) is 11.0 Å². The van der Waals surface area contributed by atoms with E-state index in [2.05, 4.69) is 15.5 Å². The van der Waals surface area contributed by atoms with E-state index in [1.807, 2.05) is 73.9 Å². The lowest BCUT2D eigenvalue weighted by atomic mass is 10.0. The van der Waals surface area contributed by atoms with E-state index in [9.17, 15) is 19.7 Å². The number of anilines is 2. The molecule has 0 saturated carbocycles. The van der Waals surface area contributed by atoms with Crippen molar-refractivity contribution in [3.05, 3.63) is 94.3 Å². The molecular weight excluding hydrogens is 560 g/mol. The molecule has 0 saturated heterocycles. The Labute approximate surface area is 245 Å². The number of nitrogens with one attached hydrogen (secondary N) is 1. The summed E-state index contributed by atoms with van der Waals surface area (Å²) in [7, 11) is 0. The van der Waals surface area contributed by atoms with Gasteiger partial charge in [-0.05, 0) is 43.2 Å². The Morgan fingerprint density at radius 3 is 2.27 bits per heavy atom. The molecule has 1 aromatic heterocycles. The molecule has 2 heterocycles. The molecule has 0 bridgehead atoms. The molecule has 210 valence electrons. The Hall–Kier alpha value is -4.16. The van der Waals surface area contributed by atoms with E-state index < -0.39 is 16.9 Å². The smallest absolute Gasteiger partial charge is 0.270 e. The second-order valence-electron chi connectivity index (χ2n) is 9.64. The van der Waals surface area contributed by atoms with Crippen LogP contribution in [0.2, 0.25) is 0 Å². The number of aromatic nitrogens is 3. The summed E-state index contributed by atoms with van der Waals surface area (Å²) in [6, 6.07) is 20.8. The van der Waals surface area contributed by atoms with E-state index in [1.54, 1.807) is 16.7 Å². The Kier molecular flexibility index (Phi) is 8.41. The summed E-state index contributed by atoms with van der Waals surface area (Å²) in [5, 5.41) is 23.5. The molecule has 1 N–H and O–H groups in total. The molecule has 5 rings (SSSR count). The molecule has 12 heteroatoms. The molecule has 4 aromatic rings. The molecule has 10 nitrogen and oxygen atoms in total. The normalized spacial score (nSPS) is 12.9. The van der Waals surface area contributed by atoms with Gasteiger partial charge in [0, 0.05) is 34.0 Å². The Morgan fingerprint density at radius 1 is 1.00 bits per heavy atom. The summed E-state index contributed by atoms with van der Waals surface area (Å²) >= 11 is 2.94. The number of non-ortho nitro benzene ring substituents is 1. The Morgan fingerprint density at radius 2 is 1.66 bits per heavy atom. The van der Waals surface area contributed by atoms with Crippen molar-refractivity contribution in [1.29, 1.82) is 0 Å². The zero-order chi connectivity index (χ0) is 29.1. The second-order valence-corrected chi connectivity index (χ2v) is 11.7. The van der Waals surface area contributed by atoms with E-state index in [0.29, 0.717) is 17.5 Å². The molecule has 0 spiro atoms. The molecular formula is C29H28N6O4S2. The molecule has 2 amide bonds. The number of rotatable bonds is 9. The van der Waals surface area contributed by atoms with Crippen LogP contribution in [-0.2, 0) is 11.3 Å². The number of hydrogen-bond acceptors (Lipinski definition) is 8. The number of hydrogen-bond donors (Lipinski definition) is 1. The first kappa shape index (κ1) is 28.4. The molecule has 0 unspecified atom stereocenters. The average molecular weight is 589 g/mol. The minimum Gasteiger partial charge on any atom is -0.342 e. The minimum absolute atomic E-state index is 0.0505. The molecule has 3 aromatic carbocycles. The molecule has 0 fully saturated rings. The third-order valence-corrected chi connectivity index (χ3v) is 8.70. The van der Waals surface area contributed by atoms with E-state index in [0.717, 1.165) is 21.2 Å². The van der Waals surface area contributed by atoms with E-state index in [-0.39, 0.29) is 28.8 Å². The molecule has 1 aliphatic heterocycles. The van der Waals surface area contributed by atoms with Gasteiger partial charge < -0.3 is 9.88 Å². The van der Waals surface area contributed by atoms with Gasteiger partial charge in [0.05, 0.1) is 28.1 Å². The van der Waals surface area contributed by atoms with Gasteiger partial charge in [-0.2, -0.15) is 0 Å². The van der Waals surface area contributed by atoms with Crippen LogP contribution in [0.15, 0.2) is 87.7 Å². The number of carbonyl (C=O) groups excluding carboxylic acids is 2. The highest BCUT2D eigenvalue weighted by molar-refractivity contribution is 8.00. The molecule has 1 atom stereocenters. The Balaban J connectivity index is 1.36. The van der Waals surface area contributed by atoms with Gasteiger partial charge in [0.25, 0.3) is 11.6 Å². The minimum atomic E-state index is -0.533. The quantitative estimate of drug-likeness (QED) is 0.138. The van der Waals surface area contributed by atoms with Gasteiger partial charge in [-0.15, -0.1) is 10.2 Å². The highest BCUT2D eigenvalue weighted by Gasteiger charge is 2.30. The van der Waals surface area contributed by atoms with Crippen molar-refractivity contribution < 1.29 is 14.5 Å². The fraction of sp³-hybridized carbons (Fsp3) is 0.241. The number of nitrogens with zero attached hydrogens (tertiary/aromatic N) is 5. The molecule has 1 aliphatic rings. The van der Waals surface area contributed by atoms with Crippen molar-refractivity contribution in [3.8, 4) is 0 Å². The van der Waals surface area contributed by atoms with Crippen LogP contribution in [0.5, 0.6) is 0 Å². The number of benzene rings is 3. The SMILES string of the molecule is CCn1c(SCC(=O)N2c3ccccc3Sc3ccccc32)nnc1[C@H](NC(=O)c1cccc([N+](=O)[O-])c1)C(C)C. The summed E-state index contributed by atoms with van der Waals surface area (Å²) in [6.07, 6.45) is 0. The number of nitro groups is 1. The summed E-state index contributed by atoms with van der Waals surface area (Å²) in [5.41, 5.74) is 1.73. The van der Waals surface area contributed by atoms with Crippen LogP contribution in [0.1, 0.15) is 43.0 Å². The van der Waals surface area contributed by atoms with E-state index >= 15 is 0 Å².